The zero-order valence-corrected chi connectivity index (χ0v) is 7.62. The van der Waals surface area contributed by atoms with Gasteiger partial charge in [0.1, 0.15) is 0 Å². The van der Waals surface area contributed by atoms with E-state index in [2.05, 4.69) is 6.26 Å². The van der Waals surface area contributed by atoms with E-state index in [0.29, 0.717) is 0 Å². The summed E-state index contributed by atoms with van der Waals surface area (Å²) in [5, 5.41) is 2.36. The molecule has 2 rings (SSSR count). The third-order valence-corrected chi connectivity index (χ3v) is 5.74. The van der Waals surface area contributed by atoms with Crippen LogP contribution in [0, 0.1) is 0 Å². The van der Waals surface area contributed by atoms with Gasteiger partial charge in [0.25, 0.3) is 0 Å². The first-order valence-corrected chi connectivity index (χ1v) is 6.29. The Morgan fingerprint density at radius 3 is 1.90 bits per heavy atom. The van der Waals surface area contributed by atoms with Crippen LogP contribution in [-0.4, -0.2) is 16.8 Å². The second-order valence-corrected chi connectivity index (χ2v) is 6.10. The largest absolute Gasteiger partial charge is 0.165 e. The zero-order valence-electron chi connectivity index (χ0n) is 6.81. The summed E-state index contributed by atoms with van der Waals surface area (Å²) in [5.74, 6) is 0. The molecule has 1 saturated carbocycles. The average Bonchev–Trinajstić information content (AvgIpc) is 2.39. The summed E-state index contributed by atoms with van der Waals surface area (Å²) >= 11 is 0. The molecule has 1 saturated heterocycles. The number of hydrogen-bond donors (Lipinski definition) is 0. The van der Waals surface area contributed by atoms with Gasteiger partial charge in [-0.1, -0.05) is 12.8 Å². The van der Waals surface area contributed by atoms with Crippen molar-refractivity contribution in [2.75, 3.05) is 6.26 Å². The van der Waals surface area contributed by atoms with E-state index in [1.807, 2.05) is 0 Å². The summed E-state index contributed by atoms with van der Waals surface area (Å²) in [6.07, 6.45) is 11.7. The fourth-order valence-corrected chi connectivity index (χ4v) is 4.75. The molecule has 2 aliphatic rings. The first kappa shape index (κ1) is 7.02. The molecule has 0 aromatic heterocycles. The SMILES string of the molecule is C[S+]1C2CCCCCCC21. The standard InChI is InChI=1S/C9H17S/c1-10-8-6-4-2-3-5-7-9(8)10/h8-9H,2-7H2,1H3/q+1. The van der Waals surface area contributed by atoms with Gasteiger partial charge in [-0.3, -0.25) is 0 Å². The predicted molar refractivity (Wildman–Crippen MR) is 48.6 cm³/mol. The molecule has 0 aromatic rings. The van der Waals surface area contributed by atoms with Gasteiger partial charge in [0.05, 0.1) is 6.26 Å². The van der Waals surface area contributed by atoms with Gasteiger partial charge in [-0.2, -0.15) is 0 Å². The highest BCUT2D eigenvalue weighted by Crippen LogP contribution is 2.41. The van der Waals surface area contributed by atoms with E-state index in [1.54, 1.807) is 12.8 Å². The Balaban J connectivity index is 1.86. The number of hydrogen-bond acceptors (Lipinski definition) is 0. The fraction of sp³-hybridized carbons (Fsp3) is 1.00. The summed E-state index contributed by atoms with van der Waals surface area (Å²) in [7, 11) is 0.854. The molecule has 0 amide bonds. The van der Waals surface area contributed by atoms with Crippen molar-refractivity contribution in [3.8, 4) is 0 Å². The molecule has 1 aliphatic heterocycles. The van der Waals surface area contributed by atoms with Gasteiger partial charge < -0.3 is 0 Å². The molecule has 2 fully saturated rings. The van der Waals surface area contributed by atoms with E-state index in [-0.39, 0.29) is 0 Å². The van der Waals surface area contributed by atoms with E-state index in [4.69, 9.17) is 0 Å². The maximum atomic E-state index is 2.47. The van der Waals surface area contributed by atoms with Crippen LogP contribution in [0.1, 0.15) is 38.5 Å². The molecule has 2 atom stereocenters. The maximum Gasteiger partial charge on any atom is 0.165 e. The van der Waals surface area contributed by atoms with Gasteiger partial charge >= 0.3 is 0 Å². The van der Waals surface area contributed by atoms with Crippen molar-refractivity contribution in [1.29, 1.82) is 0 Å². The van der Waals surface area contributed by atoms with Crippen LogP contribution in [0.5, 0.6) is 0 Å². The Hall–Kier alpha value is 0.350. The van der Waals surface area contributed by atoms with Crippen LogP contribution >= 0.6 is 0 Å². The predicted octanol–water partition coefficient (Wildman–Crippen LogP) is 2.34. The van der Waals surface area contributed by atoms with E-state index in [0.717, 1.165) is 10.9 Å². The molecule has 1 heterocycles. The van der Waals surface area contributed by atoms with Crippen LogP contribution in [0.4, 0.5) is 0 Å². The molecule has 58 valence electrons. The van der Waals surface area contributed by atoms with Crippen LogP contribution in [0.15, 0.2) is 0 Å². The normalized spacial score (nSPS) is 47.1. The van der Waals surface area contributed by atoms with E-state index in [9.17, 15) is 0 Å². The van der Waals surface area contributed by atoms with Crippen molar-refractivity contribution in [1.82, 2.24) is 0 Å². The Morgan fingerprint density at radius 1 is 0.900 bits per heavy atom. The first-order chi connectivity index (χ1) is 4.89. The Labute approximate surface area is 66.7 Å². The Bertz CT molecular complexity index is 108. The molecule has 0 radical (unpaired) electrons. The van der Waals surface area contributed by atoms with Crippen molar-refractivity contribution in [2.45, 2.75) is 49.0 Å². The van der Waals surface area contributed by atoms with Crippen LogP contribution in [0.25, 0.3) is 0 Å². The van der Waals surface area contributed by atoms with E-state index >= 15 is 0 Å². The minimum Gasteiger partial charge on any atom is -0.0531 e. The lowest BCUT2D eigenvalue weighted by atomic mass is 10.0. The van der Waals surface area contributed by atoms with Gasteiger partial charge in [0.2, 0.25) is 0 Å². The minimum absolute atomic E-state index is 0.854. The highest BCUT2D eigenvalue weighted by atomic mass is 32.2. The molecule has 0 nitrogen and oxygen atoms in total. The maximum absolute atomic E-state index is 2.47. The van der Waals surface area contributed by atoms with Gasteiger partial charge in [0, 0.05) is 10.9 Å². The zero-order chi connectivity index (χ0) is 6.97. The second-order valence-electron chi connectivity index (χ2n) is 3.68. The van der Waals surface area contributed by atoms with E-state index in [1.165, 1.54) is 36.2 Å². The quantitative estimate of drug-likeness (QED) is 0.374. The third kappa shape index (κ3) is 1.20. The lowest BCUT2D eigenvalue weighted by Gasteiger charge is -1.99. The molecule has 0 bridgehead atoms. The molecule has 0 aromatic carbocycles. The lowest BCUT2D eigenvalue weighted by molar-refractivity contribution is 0.551. The van der Waals surface area contributed by atoms with Crippen molar-refractivity contribution in [3.05, 3.63) is 0 Å². The lowest BCUT2D eigenvalue weighted by Crippen LogP contribution is -1.97. The van der Waals surface area contributed by atoms with Crippen molar-refractivity contribution >= 4 is 10.9 Å². The summed E-state index contributed by atoms with van der Waals surface area (Å²) in [6.45, 7) is 0. The van der Waals surface area contributed by atoms with Gasteiger partial charge in [-0.15, -0.1) is 0 Å². The number of rotatable bonds is 0. The summed E-state index contributed by atoms with van der Waals surface area (Å²) in [4.78, 5) is 0. The molecule has 0 spiro atoms. The van der Waals surface area contributed by atoms with Gasteiger partial charge in [0.15, 0.2) is 10.5 Å². The van der Waals surface area contributed by atoms with Gasteiger partial charge in [-0.05, 0) is 25.7 Å². The average molecular weight is 157 g/mol. The minimum atomic E-state index is 0.854. The summed E-state index contributed by atoms with van der Waals surface area (Å²) < 4.78 is 0. The Morgan fingerprint density at radius 2 is 1.40 bits per heavy atom. The van der Waals surface area contributed by atoms with E-state index < -0.39 is 0 Å². The van der Waals surface area contributed by atoms with Crippen LogP contribution in [0.2, 0.25) is 0 Å². The third-order valence-electron chi connectivity index (χ3n) is 3.02. The van der Waals surface area contributed by atoms with Crippen LogP contribution in [-0.2, 0) is 10.9 Å². The second kappa shape index (κ2) is 2.77. The summed E-state index contributed by atoms with van der Waals surface area (Å²) in [5.41, 5.74) is 0. The topological polar surface area (TPSA) is 0 Å². The van der Waals surface area contributed by atoms with Gasteiger partial charge in [-0.25, -0.2) is 0 Å². The van der Waals surface area contributed by atoms with Crippen molar-refractivity contribution in [2.24, 2.45) is 0 Å². The van der Waals surface area contributed by atoms with Crippen molar-refractivity contribution < 1.29 is 0 Å². The number of fused-ring (bicyclic) bond motifs is 1. The smallest absolute Gasteiger partial charge is 0.0531 e. The van der Waals surface area contributed by atoms with Crippen LogP contribution < -0.4 is 0 Å². The highest BCUT2D eigenvalue weighted by Gasteiger charge is 2.57. The Kier molecular flexibility index (Phi) is 1.94. The fourth-order valence-electron chi connectivity index (χ4n) is 2.22. The van der Waals surface area contributed by atoms with Crippen molar-refractivity contribution in [3.63, 3.8) is 0 Å². The first-order valence-electron chi connectivity index (χ1n) is 4.53. The molecular formula is C9H17S+. The summed E-state index contributed by atoms with van der Waals surface area (Å²) in [6, 6.07) is 0. The molecule has 10 heavy (non-hydrogen) atoms. The molecule has 1 aliphatic carbocycles. The molecular weight excluding hydrogens is 140 g/mol. The monoisotopic (exact) mass is 157 g/mol. The molecule has 0 N–H and O–H groups in total. The van der Waals surface area contributed by atoms with Crippen LogP contribution in [0.3, 0.4) is 0 Å². The highest BCUT2D eigenvalue weighted by molar-refractivity contribution is 8.04. The molecule has 1 heteroatoms. The molecule has 2 unspecified atom stereocenters.